The summed E-state index contributed by atoms with van der Waals surface area (Å²) < 4.78 is 19.8. The lowest BCUT2D eigenvalue weighted by Gasteiger charge is -2.08. The highest BCUT2D eigenvalue weighted by atomic mass is 19.1. The Hall–Kier alpha value is -3.38. The van der Waals surface area contributed by atoms with Crippen molar-refractivity contribution in [1.82, 2.24) is 0 Å². The molecule has 27 heavy (non-hydrogen) atoms. The molecule has 0 saturated heterocycles. The molecule has 0 bridgehead atoms. The lowest BCUT2D eigenvalue weighted by atomic mass is 10.0. The van der Waals surface area contributed by atoms with E-state index in [2.05, 4.69) is 5.92 Å². The molecule has 3 aromatic carbocycles. The SMILES string of the molecule is C#CCCc1ccc(OC(=O)c2ccc(-c3ccc(C)cc3)c(F)c2)cc1. The van der Waals surface area contributed by atoms with E-state index in [0.29, 0.717) is 17.7 Å². The van der Waals surface area contributed by atoms with Crippen LogP contribution in [0, 0.1) is 25.1 Å². The van der Waals surface area contributed by atoms with Crippen molar-refractivity contribution in [2.45, 2.75) is 19.8 Å². The standard InChI is InChI=1S/C24H19FO2/c1-3-4-5-18-8-13-21(14-9-18)27-24(26)20-12-15-22(23(25)16-20)19-10-6-17(2)7-11-19/h1,6-16H,4-5H2,2H3. The predicted octanol–water partition coefficient (Wildman–Crippen LogP) is 5.59. The normalized spacial score (nSPS) is 10.3. The molecule has 2 nitrogen and oxygen atoms in total. The molecular formula is C24H19FO2. The third kappa shape index (κ3) is 4.62. The second-order valence-corrected chi connectivity index (χ2v) is 6.30. The molecule has 0 heterocycles. The number of ether oxygens (including phenoxy) is 1. The lowest BCUT2D eigenvalue weighted by Crippen LogP contribution is -2.09. The van der Waals surface area contributed by atoms with Crippen molar-refractivity contribution >= 4 is 5.97 Å². The number of hydrogen-bond donors (Lipinski definition) is 0. The summed E-state index contributed by atoms with van der Waals surface area (Å²) in [6.45, 7) is 1.97. The molecule has 0 aliphatic rings. The number of hydrogen-bond acceptors (Lipinski definition) is 2. The summed E-state index contributed by atoms with van der Waals surface area (Å²) in [5.41, 5.74) is 3.55. The van der Waals surface area contributed by atoms with Crippen molar-refractivity contribution in [3.8, 4) is 29.2 Å². The van der Waals surface area contributed by atoms with Crippen LogP contribution in [0.3, 0.4) is 0 Å². The molecule has 0 N–H and O–H groups in total. The maximum atomic E-state index is 14.5. The van der Waals surface area contributed by atoms with E-state index in [9.17, 15) is 9.18 Å². The Kier molecular flexibility index (Phi) is 5.68. The number of aryl methyl sites for hydroxylation is 2. The highest BCUT2D eigenvalue weighted by molar-refractivity contribution is 5.91. The zero-order valence-corrected chi connectivity index (χ0v) is 15.0. The molecule has 0 aromatic heterocycles. The third-order valence-corrected chi connectivity index (χ3v) is 4.26. The summed E-state index contributed by atoms with van der Waals surface area (Å²) in [5.74, 6) is 1.94. The Morgan fingerprint density at radius 1 is 1.04 bits per heavy atom. The van der Waals surface area contributed by atoms with Gasteiger partial charge in [0.2, 0.25) is 0 Å². The molecule has 0 aliphatic heterocycles. The summed E-state index contributed by atoms with van der Waals surface area (Å²) in [6.07, 6.45) is 6.69. The highest BCUT2D eigenvalue weighted by Crippen LogP contribution is 2.25. The van der Waals surface area contributed by atoms with Crippen LogP contribution in [0.1, 0.15) is 27.9 Å². The monoisotopic (exact) mass is 358 g/mol. The molecule has 0 spiro atoms. The van der Waals surface area contributed by atoms with E-state index in [0.717, 1.165) is 23.1 Å². The van der Waals surface area contributed by atoms with Gasteiger partial charge < -0.3 is 4.74 Å². The second kappa shape index (κ2) is 8.33. The van der Waals surface area contributed by atoms with Crippen LogP contribution in [-0.2, 0) is 6.42 Å². The van der Waals surface area contributed by atoms with Crippen LogP contribution in [-0.4, -0.2) is 5.97 Å². The molecule has 0 unspecified atom stereocenters. The largest absolute Gasteiger partial charge is 0.423 e. The number of carbonyl (C=O) groups excluding carboxylic acids is 1. The molecule has 0 radical (unpaired) electrons. The molecule has 0 aliphatic carbocycles. The van der Waals surface area contributed by atoms with Crippen LogP contribution in [0.25, 0.3) is 11.1 Å². The molecule has 3 aromatic rings. The maximum Gasteiger partial charge on any atom is 0.343 e. The first-order chi connectivity index (χ1) is 13.1. The van der Waals surface area contributed by atoms with E-state index < -0.39 is 11.8 Å². The Balaban J connectivity index is 1.72. The van der Waals surface area contributed by atoms with Crippen LogP contribution >= 0.6 is 0 Å². The number of terminal acetylenes is 1. The molecule has 0 fully saturated rings. The Morgan fingerprint density at radius 3 is 2.37 bits per heavy atom. The molecule has 0 amide bonds. The molecule has 0 atom stereocenters. The predicted molar refractivity (Wildman–Crippen MR) is 105 cm³/mol. The zero-order valence-electron chi connectivity index (χ0n) is 15.0. The van der Waals surface area contributed by atoms with Crippen LogP contribution in [0.4, 0.5) is 4.39 Å². The van der Waals surface area contributed by atoms with E-state index in [-0.39, 0.29) is 5.56 Å². The first-order valence-corrected chi connectivity index (χ1v) is 8.68. The molecule has 134 valence electrons. The Bertz CT molecular complexity index is 980. The van der Waals surface area contributed by atoms with E-state index in [1.165, 1.54) is 6.07 Å². The van der Waals surface area contributed by atoms with Crippen LogP contribution < -0.4 is 4.74 Å². The van der Waals surface area contributed by atoms with Crippen molar-refractivity contribution in [2.24, 2.45) is 0 Å². The van der Waals surface area contributed by atoms with Gasteiger partial charge in [-0.15, -0.1) is 12.3 Å². The van der Waals surface area contributed by atoms with Gasteiger partial charge in [0, 0.05) is 12.0 Å². The van der Waals surface area contributed by atoms with Crippen molar-refractivity contribution in [3.63, 3.8) is 0 Å². The van der Waals surface area contributed by atoms with E-state index in [1.54, 1.807) is 24.3 Å². The zero-order chi connectivity index (χ0) is 19.2. The Labute approximate surface area is 158 Å². The van der Waals surface area contributed by atoms with Gasteiger partial charge in [-0.25, -0.2) is 9.18 Å². The number of benzene rings is 3. The molecule has 0 saturated carbocycles. The van der Waals surface area contributed by atoms with E-state index >= 15 is 0 Å². The third-order valence-electron chi connectivity index (χ3n) is 4.26. The van der Waals surface area contributed by atoms with E-state index in [1.807, 2.05) is 43.3 Å². The second-order valence-electron chi connectivity index (χ2n) is 6.30. The minimum Gasteiger partial charge on any atom is -0.423 e. The van der Waals surface area contributed by atoms with Gasteiger partial charge in [-0.05, 0) is 48.7 Å². The summed E-state index contributed by atoms with van der Waals surface area (Å²) in [4.78, 5) is 12.3. The fourth-order valence-electron chi connectivity index (χ4n) is 2.72. The van der Waals surface area contributed by atoms with Crippen molar-refractivity contribution in [1.29, 1.82) is 0 Å². The summed E-state index contributed by atoms with van der Waals surface area (Å²) >= 11 is 0. The lowest BCUT2D eigenvalue weighted by molar-refractivity contribution is 0.0734. The maximum absolute atomic E-state index is 14.5. The summed E-state index contributed by atoms with van der Waals surface area (Å²) in [5, 5.41) is 0. The Morgan fingerprint density at radius 2 is 1.74 bits per heavy atom. The van der Waals surface area contributed by atoms with Crippen LogP contribution in [0.2, 0.25) is 0 Å². The van der Waals surface area contributed by atoms with Gasteiger partial charge in [-0.3, -0.25) is 0 Å². The van der Waals surface area contributed by atoms with Gasteiger partial charge in [0.15, 0.2) is 0 Å². The van der Waals surface area contributed by atoms with Gasteiger partial charge >= 0.3 is 5.97 Å². The van der Waals surface area contributed by atoms with Crippen molar-refractivity contribution < 1.29 is 13.9 Å². The van der Waals surface area contributed by atoms with Gasteiger partial charge in [0.05, 0.1) is 5.56 Å². The first kappa shape index (κ1) is 18.4. The van der Waals surface area contributed by atoms with Crippen LogP contribution in [0.5, 0.6) is 5.75 Å². The van der Waals surface area contributed by atoms with Gasteiger partial charge in [0.1, 0.15) is 11.6 Å². The molecular weight excluding hydrogens is 339 g/mol. The number of carbonyl (C=O) groups is 1. The first-order valence-electron chi connectivity index (χ1n) is 8.68. The minimum atomic E-state index is -0.597. The van der Waals surface area contributed by atoms with E-state index in [4.69, 9.17) is 11.2 Å². The minimum absolute atomic E-state index is 0.166. The van der Waals surface area contributed by atoms with Gasteiger partial charge in [0.25, 0.3) is 0 Å². The van der Waals surface area contributed by atoms with Gasteiger partial charge in [-0.1, -0.05) is 48.0 Å². The average molecular weight is 358 g/mol. The number of halogens is 1. The number of rotatable bonds is 5. The van der Waals surface area contributed by atoms with Gasteiger partial charge in [-0.2, -0.15) is 0 Å². The van der Waals surface area contributed by atoms with Crippen molar-refractivity contribution in [3.05, 3.63) is 89.2 Å². The summed E-state index contributed by atoms with van der Waals surface area (Å²) in [6, 6.07) is 19.1. The smallest absolute Gasteiger partial charge is 0.343 e. The summed E-state index contributed by atoms with van der Waals surface area (Å²) in [7, 11) is 0. The fraction of sp³-hybridized carbons (Fsp3) is 0.125. The average Bonchev–Trinajstić information content (AvgIpc) is 2.68. The highest BCUT2D eigenvalue weighted by Gasteiger charge is 2.13. The van der Waals surface area contributed by atoms with Crippen LogP contribution in [0.15, 0.2) is 66.7 Å². The number of esters is 1. The quantitative estimate of drug-likeness (QED) is 0.338. The molecule has 3 heteroatoms. The topological polar surface area (TPSA) is 26.3 Å². The molecule has 3 rings (SSSR count). The van der Waals surface area contributed by atoms with Crippen molar-refractivity contribution in [2.75, 3.05) is 0 Å². The fourth-order valence-corrected chi connectivity index (χ4v) is 2.72.